The van der Waals surface area contributed by atoms with Crippen LogP contribution in [-0.4, -0.2) is 29.3 Å². The molecule has 0 bridgehead atoms. The molecular weight excluding hydrogens is 220 g/mol. The Morgan fingerprint density at radius 1 is 1.50 bits per heavy atom. The van der Waals surface area contributed by atoms with E-state index in [9.17, 15) is 5.11 Å². The molecule has 2 rings (SSSR count). The summed E-state index contributed by atoms with van der Waals surface area (Å²) in [6.45, 7) is 0. The maximum atomic E-state index is 10.1. The summed E-state index contributed by atoms with van der Waals surface area (Å²) in [5.41, 5.74) is 1.10. The second-order valence-electron chi connectivity index (χ2n) is 4.13. The van der Waals surface area contributed by atoms with Gasteiger partial charge >= 0.3 is 0 Å². The smallest absolute Gasteiger partial charge is 0.122 e. The van der Waals surface area contributed by atoms with Crippen LogP contribution in [0.25, 0.3) is 0 Å². The largest absolute Gasteiger partial charge is 0.496 e. The number of para-hydroxylation sites is 1. The van der Waals surface area contributed by atoms with E-state index in [1.54, 1.807) is 7.11 Å². The lowest BCUT2D eigenvalue weighted by atomic mass is 10.0. The third-order valence-corrected chi connectivity index (χ3v) is 4.52. The van der Waals surface area contributed by atoms with Crippen LogP contribution in [0, 0.1) is 0 Å². The molecule has 88 valence electrons. The van der Waals surface area contributed by atoms with E-state index in [2.05, 4.69) is 0 Å². The van der Waals surface area contributed by atoms with Crippen molar-refractivity contribution in [2.24, 2.45) is 0 Å². The number of hydrogen-bond donors (Lipinski definition) is 1. The Kier molecular flexibility index (Phi) is 4.13. The first-order valence-corrected chi connectivity index (χ1v) is 6.77. The van der Waals surface area contributed by atoms with Gasteiger partial charge in [0.15, 0.2) is 0 Å². The highest BCUT2D eigenvalue weighted by atomic mass is 32.2. The van der Waals surface area contributed by atoms with Crippen LogP contribution in [0.15, 0.2) is 24.3 Å². The topological polar surface area (TPSA) is 29.5 Å². The van der Waals surface area contributed by atoms with Crippen molar-refractivity contribution in [2.75, 3.05) is 12.9 Å². The first kappa shape index (κ1) is 11.8. The fourth-order valence-electron chi connectivity index (χ4n) is 2.13. The number of aliphatic hydroxyl groups is 1. The van der Waals surface area contributed by atoms with Crippen molar-refractivity contribution in [1.29, 1.82) is 0 Å². The molecule has 16 heavy (non-hydrogen) atoms. The van der Waals surface area contributed by atoms with E-state index >= 15 is 0 Å². The Balaban J connectivity index is 2.01. The van der Waals surface area contributed by atoms with E-state index in [1.807, 2.05) is 36.0 Å². The highest BCUT2D eigenvalue weighted by Gasteiger charge is 2.24. The minimum Gasteiger partial charge on any atom is -0.496 e. The van der Waals surface area contributed by atoms with E-state index < -0.39 is 0 Å². The van der Waals surface area contributed by atoms with Gasteiger partial charge < -0.3 is 9.84 Å². The molecule has 2 atom stereocenters. The SMILES string of the molecule is COc1ccccc1CC(O)C1CCCS1. The molecule has 1 fully saturated rings. The van der Waals surface area contributed by atoms with Gasteiger partial charge in [-0.2, -0.15) is 11.8 Å². The van der Waals surface area contributed by atoms with Gasteiger partial charge in [0, 0.05) is 11.7 Å². The Bertz CT molecular complexity index is 334. The third-order valence-electron chi connectivity index (χ3n) is 3.02. The summed E-state index contributed by atoms with van der Waals surface area (Å²) in [5, 5.41) is 10.6. The lowest BCUT2D eigenvalue weighted by Crippen LogP contribution is -2.23. The molecule has 1 heterocycles. The van der Waals surface area contributed by atoms with Crippen LogP contribution in [0.1, 0.15) is 18.4 Å². The molecule has 0 amide bonds. The van der Waals surface area contributed by atoms with Crippen LogP contribution in [0.2, 0.25) is 0 Å². The average molecular weight is 238 g/mol. The Hall–Kier alpha value is -0.670. The van der Waals surface area contributed by atoms with Gasteiger partial charge in [0.2, 0.25) is 0 Å². The fraction of sp³-hybridized carbons (Fsp3) is 0.538. The van der Waals surface area contributed by atoms with Crippen LogP contribution >= 0.6 is 11.8 Å². The van der Waals surface area contributed by atoms with Crippen molar-refractivity contribution < 1.29 is 9.84 Å². The number of benzene rings is 1. The lowest BCUT2D eigenvalue weighted by Gasteiger charge is -2.18. The van der Waals surface area contributed by atoms with Crippen molar-refractivity contribution in [1.82, 2.24) is 0 Å². The summed E-state index contributed by atoms with van der Waals surface area (Å²) in [7, 11) is 1.68. The molecule has 0 aliphatic carbocycles. The van der Waals surface area contributed by atoms with Gasteiger partial charge in [-0.3, -0.25) is 0 Å². The highest BCUT2D eigenvalue weighted by Crippen LogP contribution is 2.31. The number of ether oxygens (including phenoxy) is 1. The molecule has 3 heteroatoms. The van der Waals surface area contributed by atoms with Gasteiger partial charge in [0.25, 0.3) is 0 Å². The maximum absolute atomic E-state index is 10.1. The molecule has 0 spiro atoms. The minimum absolute atomic E-state index is 0.246. The Morgan fingerprint density at radius 2 is 2.31 bits per heavy atom. The van der Waals surface area contributed by atoms with E-state index in [4.69, 9.17) is 4.74 Å². The van der Waals surface area contributed by atoms with Gasteiger partial charge in [-0.15, -0.1) is 0 Å². The van der Waals surface area contributed by atoms with E-state index in [0.29, 0.717) is 11.7 Å². The Labute approximate surface area is 101 Å². The van der Waals surface area contributed by atoms with Crippen LogP contribution in [-0.2, 0) is 6.42 Å². The second-order valence-corrected chi connectivity index (χ2v) is 5.48. The molecule has 0 radical (unpaired) electrons. The summed E-state index contributed by atoms with van der Waals surface area (Å²) in [5.74, 6) is 2.07. The van der Waals surface area contributed by atoms with Gasteiger partial charge in [0.1, 0.15) is 5.75 Å². The first-order chi connectivity index (χ1) is 7.81. The molecule has 1 aliphatic heterocycles. The van der Waals surface area contributed by atoms with Crippen LogP contribution in [0.3, 0.4) is 0 Å². The average Bonchev–Trinajstić information content (AvgIpc) is 2.83. The number of methoxy groups -OCH3 is 1. The molecule has 1 N–H and O–H groups in total. The van der Waals surface area contributed by atoms with Gasteiger partial charge in [0.05, 0.1) is 13.2 Å². The number of rotatable bonds is 4. The van der Waals surface area contributed by atoms with Crippen molar-refractivity contribution in [2.45, 2.75) is 30.6 Å². The molecule has 0 aromatic heterocycles. The predicted octanol–water partition coefficient (Wildman–Crippen LogP) is 2.49. The van der Waals surface area contributed by atoms with Gasteiger partial charge in [-0.25, -0.2) is 0 Å². The Morgan fingerprint density at radius 3 is 3.00 bits per heavy atom. The van der Waals surface area contributed by atoms with Crippen LogP contribution in [0.4, 0.5) is 0 Å². The molecule has 2 nitrogen and oxygen atoms in total. The van der Waals surface area contributed by atoms with Crippen molar-refractivity contribution >= 4 is 11.8 Å². The lowest BCUT2D eigenvalue weighted by molar-refractivity contribution is 0.169. The molecule has 1 saturated heterocycles. The number of aliphatic hydroxyl groups excluding tert-OH is 1. The highest BCUT2D eigenvalue weighted by molar-refractivity contribution is 8.00. The zero-order valence-corrected chi connectivity index (χ0v) is 10.4. The number of hydrogen-bond acceptors (Lipinski definition) is 3. The summed E-state index contributed by atoms with van der Waals surface area (Å²) < 4.78 is 5.29. The van der Waals surface area contributed by atoms with E-state index in [-0.39, 0.29) is 6.10 Å². The van der Waals surface area contributed by atoms with Gasteiger partial charge in [-0.1, -0.05) is 18.2 Å². The minimum atomic E-state index is -0.246. The normalized spacial score (nSPS) is 22.0. The predicted molar refractivity (Wildman–Crippen MR) is 68.2 cm³/mol. The van der Waals surface area contributed by atoms with Crippen molar-refractivity contribution in [3.05, 3.63) is 29.8 Å². The molecule has 1 aliphatic rings. The molecule has 1 aromatic carbocycles. The first-order valence-electron chi connectivity index (χ1n) is 5.73. The molecule has 1 aromatic rings. The molecule has 0 saturated carbocycles. The van der Waals surface area contributed by atoms with E-state index in [0.717, 1.165) is 17.7 Å². The summed E-state index contributed by atoms with van der Waals surface area (Å²) in [4.78, 5) is 0. The zero-order valence-electron chi connectivity index (χ0n) is 9.56. The van der Waals surface area contributed by atoms with Gasteiger partial charge in [-0.05, 0) is 30.2 Å². The number of thioether (sulfide) groups is 1. The quantitative estimate of drug-likeness (QED) is 0.874. The monoisotopic (exact) mass is 238 g/mol. The van der Waals surface area contributed by atoms with Crippen LogP contribution < -0.4 is 4.74 Å². The molecule has 2 unspecified atom stereocenters. The van der Waals surface area contributed by atoms with Crippen molar-refractivity contribution in [3.63, 3.8) is 0 Å². The maximum Gasteiger partial charge on any atom is 0.122 e. The summed E-state index contributed by atoms with van der Waals surface area (Å²) in [6.07, 6.45) is 2.82. The summed E-state index contributed by atoms with van der Waals surface area (Å²) in [6, 6.07) is 7.93. The van der Waals surface area contributed by atoms with E-state index in [1.165, 1.54) is 12.2 Å². The standard InChI is InChI=1S/C13H18O2S/c1-15-12-6-3-2-5-10(12)9-11(14)13-7-4-8-16-13/h2-3,5-6,11,13-14H,4,7-9H2,1H3. The third kappa shape index (κ3) is 2.71. The molecular formula is C13H18O2S. The fourth-order valence-corrected chi connectivity index (χ4v) is 3.42. The zero-order chi connectivity index (χ0) is 11.4. The second kappa shape index (κ2) is 5.60. The van der Waals surface area contributed by atoms with Crippen molar-refractivity contribution in [3.8, 4) is 5.75 Å². The summed E-state index contributed by atoms with van der Waals surface area (Å²) >= 11 is 1.89. The van der Waals surface area contributed by atoms with Crippen LogP contribution in [0.5, 0.6) is 5.75 Å².